The van der Waals surface area contributed by atoms with Crippen molar-refractivity contribution < 1.29 is 28.9 Å². The van der Waals surface area contributed by atoms with Crippen LogP contribution in [0.2, 0.25) is 0 Å². The van der Waals surface area contributed by atoms with Crippen LogP contribution >= 0.6 is 0 Å². The molecule has 2 atom stereocenters. The van der Waals surface area contributed by atoms with Crippen LogP contribution in [0.15, 0.2) is 48.0 Å². The number of fused-ring (bicyclic) bond motifs is 1. The lowest BCUT2D eigenvalue weighted by Gasteiger charge is -2.25. The van der Waals surface area contributed by atoms with Gasteiger partial charge in [-0.3, -0.25) is 9.59 Å². The summed E-state index contributed by atoms with van der Waals surface area (Å²) in [6, 6.07) is 12.0. The summed E-state index contributed by atoms with van der Waals surface area (Å²) in [4.78, 5) is 27.8. The molecule has 2 aromatic rings. The van der Waals surface area contributed by atoms with E-state index in [1.54, 1.807) is 19.2 Å². The van der Waals surface area contributed by atoms with Gasteiger partial charge in [-0.1, -0.05) is 19.1 Å². The lowest BCUT2D eigenvalue weighted by Crippen LogP contribution is -2.31. The summed E-state index contributed by atoms with van der Waals surface area (Å²) in [6.45, 7) is 5.36. The lowest BCUT2D eigenvalue weighted by molar-refractivity contribution is -0.140. The molecule has 0 aliphatic carbocycles. The molecule has 0 radical (unpaired) electrons. The molecule has 1 fully saturated rings. The number of carbonyl (C=O) groups excluding carboxylic acids is 2. The first-order chi connectivity index (χ1) is 16.4. The van der Waals surface area contributed by atoms with Crippen molar-refractivity contribution in [2.24, 2.45) is 0 Å². The molecule has 2 aliphatic heterocycles. The number of ether oxygens (including phenoxy) is 3. The Kier molecular flexibility index (Phi) is 7.22. The maximum Gasteiger partial charge on any atom is 0.295 e. The van der Waals surface area contributed by atoms with Crippen LogP contribution < -0.4 is 9.47 Å². The summed E-state index contributed by atoms with van der Waals surface area (Å²) < 4.78 is 16.7. The Morgan fingerprint density at radius 1 is 1.18 bits per heavy atom. The summed E-state index contributed by atoms with van der Waals surface area (Å²) in [7, 11) is 1.60. The molecule has 1 N–H and O–H groups in total. The molecule has 0 spiro atoms. The quantitative estimate of drug-likeness (QED) is 0.258. The van der Waals surface area contributed by atoms with Crippen molar-refractivity contribution in [2.45, 2.75) is 45.3 Å². The minimum absolute atomic E-state index is 0.0598. The van der Waals surface area contributed by atoms with Crippen molar-refractivity contribution in [2.75, 3.05) is 26.9 Å². The average Bonchev–Trinajstić information content (AvgIpc) is 3.33. The van der Waals surface area contributed by atoms with Gasteiger partial charge in [0.15, 0.2) is 0 Å². The largest absolute Gasteiger partial charge is 0.507 e. The second-order valence-electron chi connectivity index (χ2n) is 8.71. The van der Waals surface area contributed by atoms with Crippen molar-refractivity contribution in [3.05, 3.63) is 64.7 Å². The molecule has 0 saturated carbocycles. The van der Waals surface area contributed by atoms with Gasteiger partial charge in [0.05, 0.1) is 18.2 Å². The number of carbonyl (C=O) groups is 2. The van der Waals surface area contributed by atoms with E-state index in [-0.39, 0.29) is 17.4 Å². The Balaban J connectivity index is 1.78. The smallest absolute Gasteiger partial charge is 0.295 e. The van der Waals surface area contributed by atoms with Gasteiger partial charge in [-0.2, -0.15) is 0 Å². The van der Waals surface area contributed by atoms with E-state index in [0.29, 0.717) is 43.1 Å². The standard InChI is InChI=1S/C27H31NO6/c1-4-12-33-21-8-5-7-18(16-21)24-23(26(30)27(31)28(24)11-6-13-32-3)25(29)19-9-10-22-20(15-19)14-17(2)34-22/h5,7-10,15-17,24,29H,4,6,11-14H2,1-3H3. The van der Waals surface area contributed by atoms with E-state index in [4.69, 9.17) is 14.2 Å². The zero-order valence-corrected chi connectivity index (χ0v) is 19.9. The molecule has 2 unspecified atom stereocenters. The number of aliphatic hydroxyl groups is 1. The third-order valence-corrected chi connectivity index (χ3v) is 6.10. The second-order valence-corrected chi connectivity index (χ2v) is 8.71. The van der Waals surface area contributed by atoms with Gasteiger partial charge in [-0.25, -0.2) is 0 Å². The highest BCUT2D eigenvalue weighted by Gasteiger charge is 2.46. The highest BCUT2D eigenvalue weighted by molar-refractivity contribution is 6.46. The minimum Gasteiger partial charge on any atom is -0.507 e. The number of hydrogen-bond acceptors (Lipinski definition) is 6. The molecule has 4 rings (SSSR count). The molecule has 1 saturated heterocycles. The SMILES string of the molecule is CCCOc1cccc(C2C(=C(O)c3ccc4c(c3)CC(C)O4)C(=O)C(=O)N2CCCOC)c1. The van der Waals surface area contributed by atoms with Crippen LogP contribution in [-0.2, 0) is 20.7 Å². The minimum atomic E-state index is -0.717. The first-order valence-corrected chi connectivity index (χ1v) is 11.7. The summed E-state index contributed by atoms with van der Waals surface area (Å²) in [5.74, 6) is -0.0581. The Morgan fingerprint density at radius 3 is 2.76 bits per heavy atom. The van der Waals surface area contributed by atoms with E-state index >= 15 is 0 Å². The Labute approximate surface area is 199 Å². The average molecular weight is 466 g/mol. The Bertz CT molecular complexity index is 1110. The number of amides is 1. The molecule has 2 aliphatic rings. The maximum absolute atomic E-state index is 13.2. The van der Waals surface area contributed by atoms with Crippen LogP contribution in [-0.4, -0.2) is 54.7 Å². The summed E-state index contributed by atoms with van der Waals surface area (Å²) >= 11 is 0. The first kappa shape index (κ1) is 23.8. The molecular formula is C27H31NO6. The first-order valence-electron chi connectivity index (χ1n) is 11.7. The van der Waals surface area contributed by atoms with Crippen molar-refractivity contribution >= 4 is 17.4 Å². The third-order valence-electron chi connectivity index (χ3n) is 6.10. The molecule has 0 bridgehead atoms. The zero-order chi connectivity index (χ0) is 24.2. The van der Waals surface area contributed by atoms with Crippen molar-refractivity contribution in [1.29, 1.82) is 0 Å². The van der Waals surface area contributed by atoms with Gasteiger partial charge < -0.3 is 24.2 Å². The van der Waals surface area contributed by atoms with E-state index in [1.165, 1.54) is 4.90 Å². The van der Waals surface area contributed by atoms with Gasteiger partial charge in [-0.15, -0.1) is 0 Å². The van der Waals surface area contributed by atoms with Crippen molar-refractivity contribution in [1.82, 2.24) is 4.90 Å². The van der Waals surface area contributed by atoms with E-state index < -0.39 is 17.7 Å². The third kappa shape index (κ3) is 4.66. The topological polar surface area (TPSA) is 85.3 Å². The van der Waals surface area contributed by atoms with E-state index in [1.807, 2.05) is 44.2 Å². The van der Waals surface area contributed by atoms with Gasteiger partial charge in [0.2, 0.25) is 0 Å². The van der Waals surface area contributed by atoms with Gasteiger partial charge in [-0.05, 0) is 61.2 Å². The highest BCUT2D eigenvalue weighted by Crippen LogP contribution is 2.41. The number of nitrogens with zero attached hydrogens (tertiary/aromatic N) is 1. The Hall–Kier alpha value is -3.32. The predicted octanol–water partition coefficient (Wildman–Crippen LogP) is 4.26. The summed E-state index contributed by atoms with van der Waals surface area (Å²) in [5.41, 5.74) is 2.26. The summed E-state index contributed by atoms with van der Waals surface area (Å²) in [5, 5.41) is 11.3. The van der Waals surface area contributed by atoms with Gasteiger partial charge in [0.1, 0.15) is 23.4 Å². The lowest BCUT2D eigenvalue weighted by atomic mass is 9.94. The van der Waals surface area contributed by atoms with E-state index in [2.05, 4.69) is 0 Å². The fourth-order valence-electron chi connectivity index (χ4n) is 4.56. The highest BCUT2D eigenvalue weighted by atomic mass is 16.5. The maximum atomic E-state index is 13.2. The number of likely N-dealkylation sites (tertiary alicyclic amines) is 1. The summed E-state index contributed by atoms with van der Waals surface area (Å²) in [6.07, 6.45) is 2.22. The van der Waals surface area contributed by atoms with Crippen LogP contribution in [0.1, 0.15) is 49.4 Å². The molecule has 2 aromatic carbocycles. The van der Waals surface area contributed by atoms with Crippen molar-refractivity contribution in [3.8, 4) is 11.5 Å². The molecule has 2 heterocycles. The number of ketones is 1. The van der Waals surface area contributed by atoms with Crippen molar-refractivity contribution in [3.63, 3.8) is 0 Å². The number of rotatable bonds is 9. The fourth-order valence-corrected chi connectivity index (χ4v) is 4.56. The number of methoxy groups -OCH3 is 1. The molecule has 34 heavy (non-hydrogen) atoms. The van der Waals surface area contributed by atoms with Crippen LogP contribution in [0.25, 0.3) is 5.76 Å². The van der Waals surface area contributed by atoms with Gasteiger partial charge in [0.25, 0.3) is 11.7 Å². The normalized spacial score (nSPS) is 21.0. The molecule has 180 valence electrons. The van der Waals surface area contributed by atoms with Crippen LogP contribution in [0, 0.1) is 0 Å². The van der Waals surface area contributed by atoms with Crippen LogP contribution in [0.5, 0.6) is 11.5 Å². The molecule has 1 amide bonds. The van der Waals surface area contributed by atoms with Gasteiger partial charge in [0, 0.05) is 32.2 Å². The number of benzene rings is 2. The monoisotopic (exact) mass is 465 g/mol. The van der Waals surface area contributed by atoms with Gasteiger partial charge >= 0.3 is 0 Å². The number of aliphatic hydroxyl groups excluding tert-OH is 1. The second kappa shape index (κ2) is 10.3. The van der Waals surface area contributed by atoms with E-state index in [0.717, 1.165) is 24.2 Å². The fraction of sp³-hybridized carbons (Fsp3) is 0.407. The molecule has 0 aromatic heterocycles. The van der Waals surface area contributed by atoms with Crippen LogP contribution in [0.3, 0.4) is 0 Å². The predicted molar refractivity (Wildman–Crippen MR) is 128 cm³/mol. The Morgan fingerprint density at radius 2 is 2.00 bits per heavy atom. The molecule has 7 heteroatoms. The number of Topliss-reactive ketones (excluding diaryl/α,β-unsaturated/α-hetero) is 1. The van der Waals surface area contributed by atoms with Crippen LogP contribution in [0.4, 0.5) is 0 Å². The van der Waals surface area contributed by atoms with E-state index in [9.17, 15) is 14.7 Å². The molecule has 7 nitrogen and oxygen atoms in total. The zero-order valence-electron chi connectivity index (χ0n) is 19.9. The molecular weight excluding hydrogens is 434 g/mol. The number of hydrogen-bond donors (Lipinski definition) is 1.